The molecule has 5 heteroatoms. The van der Waals surface area contributed by atoms with Crippen molar-refractivity contribution in [3.8, 4) is 5.75 Å². The molecule has 0 aliphatic rings. The molecule has 1 N–H and O–H groups in total. The largest absolute Gasteiger partial charge is 0.506 e. The van der Waals surface area contributed by atoms with Gasteiger partial charge in [0.05, 0.1) is 5.02 Å². The molecule has 0 aromatic heterocycles. The van der Waals surface area contributed by atoms with Crippen molar-refractivity contribution in [3.63, 3.8) is 0 Å². The molecule has 11 heavy (non-hydrogen) atoms. The van der Waals surface area contributed by atoms with Crippen LogP contribution < -0.4 is 0 Å². The molecule has 56 valence electrons. The van der Waals surface area contributed by atoms with Crippen LogP contribution in [0, 0.1) is 0 Å². The van der Waals surface area contributed by atoms with Crippen molar-refractivity contribution in [2.45, 2.75) is 0 Å². The van der Waals surface area contributed by atoms with Gasteiger partial charge in [0.1, 0.15) is 5.75 Å². The topological polar surface area (TPSA) is 69.0 Å². The van der Waals surface area contributed by atoms with Crippen LogP contribution in [-0.2, 0) is 0 Å². The number of rotatable bonds is 1. The molecular weight excluding hydrogens is 166 g/mol. The summed E-state index contributed by atoms with van der Waals surface area (Å²) in [5.74, 6) is -0.0245. The molecule has 1 rings (SSSR count). The van der Waals surface area contributed by atoms with Crippen LogP contribution in [0.2, 0.25) is 5.02 Å². The average Bonchev–Trinajstić information content (AvgIpc) is 1.98. The fourth-order valence-corrected chi connectivity index (χ4v) is 0.784. The third-order valence-electron chi connectivity index (χ3n) is 1.09. The summed E-state index contributed by atoms with van der Waals surface area (Å²) in [7, 11) is 0. The molecule has 1 aromatic rings. The van der Waals surface area contributed by atoms with Gasteiger partial charge in [0.25, 0.3) is 0 Å². The van der Waals surface area contributed by atoms with Crippen molar-refractivity contribution in [2.24, 2.45) is 5.11 Å². The van der Waals surface area contributed by atoms with Crippen LogP contribution in [-0.4, -0.2) is 5.11 Å². The maximum atomic E-state index is 8.95. The molecule has 0 bridgehead atoms. The number of nitrogens with zero attached hydrogens (tertiary/aromatic N) is 3. The molecular formula is C6H4ClN3O. The van der Waals surface area contributed by atoms with Crippen molar-refractivity contribution in [2.75, 3.05) is 0 Å². The smallest absolute Gasteiger partial charge is 0.134 e. The molecule has 0 aliphatic carbocycles. The quantitative estimate of drug-likeness (QED) is 0.392. The maximum Gasteiger partial charge on any atom is 0.134 e. The Kier molecular flexibility index (Phi) is 2.21. The second kappa shape index (κ2) is 3.14. The lowest BCUT2D eigenvalue weighted by atomic mass is 10.3. The first kappa shape index (κ1) is 7.72. The zero-order valence-corrected chi connectivity index (χ0v) is 6.15. The molecule has 0 unspecified atom stereocenters. The second-order valence-corrected chi connectivity index (χ2v) is 2.23. The molecule has 0 spiro atoms. The van der Waals surface area contributed by atoms with E-state index in [9.17, 15) is 0 Å². The van der Waals surface area contributed by atoms with E-state index in [1.807, 2.05) is 0 Å². The van der Waals surface area contributed by atoms with Gasteiger partial charge in [-0.25, -0.2) is 0 Å². The summed E-state index contributed by atoms with van der Waals surface area (Å²) >= 11 is 5.52. The highest BCUT2D eigenvalue weighted by molar-refractivity contribution is 6.32. The van der Waals surface area contributed by atoms with Crippen LogP contribution in [0.1, 0.15) is 0 Å². The van der Waals surface area contributed by atoms with Crippen molar-refractivity contribution >= 4 is 17.3 Å². The van der Waals surface area contributed by atoms with Gasteiger partial charge in [-0.15, -0.1) is 0 Å². The molecule has 0 heterocycles. The Morgan fingerprint density at radius 3 is 2.82 bits per heavy atom. The predicted octanol–water partition coefficient (Wildman–Crippen LogP) is 2.99. The Morgan fingerprint density at radius 2 is 2.27 bits per heavy atom. The number of phenolic OH excluding ortho intramolecular Hbond substituents is 1. The molecule has 4 nitrogen and oxygen atoms in total. The zero-order valence-electron chi connectivity index (χ0n) is 5.40. The van der Waals surface area contributed by atoms with Gasteiger partial charge in [-0.3, -0.25) is 0 Å². The third-order valence-corrected chi connectivity index (χ3v) is 1.39. The summed E-state index contributed by atoms with van der Waals surface area (Å²) < 4.78 is 0. The summed E-state index contributed by atoms with van der Waals surface area (Å²) in [6, 6.07) is 4.23. The molecule has 0 atom stereocenters. The van der Waals surface area contributed by atoms with E-state index in [2.05, 4.69) is 10.0 Å². The molecule has 0 amide bonds. The van der Waals surface area contributed by atoms with Gasteiger partial charge < -0.3 is 5.11 Å². The lowest BCUT2D eigenvalue weighted by Gasteiger charge is -1.95. The van der Waals surface area contributed by atoms with Gasteiger partial charge in [0.15, 0.2) is 0 Å². The Bertz CT molecular complexity index is 320. The third kappa shape index (κ3) is 1.77. The van der Waals surface area contributed by atoms with Crippen molar-refractivity contribution in [1.82, 2.24) is 0 Å². The Balaban J connectivity index is 3.14. The fraction of sp³-hybridized carbons (Fsp3) is 0. The minimum atomic E-state index is -0.0245. The summed E-state index contributed by atoms with van der Waals surface area (Å²) in [5.41, 5.74) is 8.42. The number of phenols is 1. The lowest BCUT2D eigenvalue weighted by Crippen LogP contribution is -1.66. The van der Waals surface area contributed by atoms with Gasteiger partial charge >= 0.3 is 0 Å². The van der Waals surface area contributed by atoms with Crippen LogP contribution in [0.3, 0.4) is 0 Å². The Morgan fingerprint density at radius 1 is 1.55 bits per heavy atom. The summed E-state index contributed by atoms with van der Waals surface area (Å²) in [5, 5.41) is 12.4. The van der Waals surface area contributed by atoms with Crippen molar-refractivity contribution in [1.29, 1.82) is 0 Å². The predicted molar refractivity (Wildman–Crippen MR) is 41.9 cm³/mol. The molecule has 0 radical (unpaired) electrons. The van der Waals surface area contributed by atoms with Crippen LogP contribution in [0.15, 0.2) is 23.3 Å². The van der Waals surface area contributed by atoms with E-state index < -0.39 is 0 Å². The van der Waals surface area contributed by atoms with E-state index in [0.717, 1.165) is 0 Å². The first-order valence-corrected chi connectivity index (χ1v) is 3.15. The normalized spacial score (nSPS) is 8.82. The highest BCUT2D eigenvalue weighted by Crippen LogP contribution is 2.27. The second-order valence-electron chi connectivity index (χ2n) is 1.83. The van der Waals surface area contributed by atoms with Gasteiger partial charge in [0, 0.05) is 10.6 Å². The van der Waals surface area contributed by atoms with Crippen molar-refractivity contribution in [3.05, 3.63) is 33.7 Å². The van der Waals surface area contributed by atoms with Gasteiger partial charge in [-0.2, -0.15) is 0 Å². The first-order chi connectivity index (χ1) is 5.24. The maximum absolute atomic E-state index is 8.95. The SMILES string of the molecule is [N-]=[N+]=Nc1ccc(O)c(Cl)c1. The molecule has 0 fully saturated rings. The number of hydrogen-bond donors (Lipinski definition) is 1. The van der Waals surface area contributed by atoms with Gasteiger partial charge in [-0.1, -0.05) is 16.7 Å². The van der Waals surface area contributed by atoms with E-state index in [-0.39, 0.29) is 10.8 Å². The lowest BCUT2D eigenvalue weighted by molar-refractivity contribution is 0.475. The van der Waals surface area contributed by atoms with Gasteiger partial charge in [-0.05, 0) is 23.7 Å². The van der Waals surface area contributed by atoms with Crippen LogP contribution in [0.25, 0.3) is 10.4 Å². The minimum Gasteiger partial charge on any atom is -0.506 e. The minimum absolute atomic E-state index is 0.0245. The summed E-state index contributed by atoms with van der Waals surface area (Å²) in [6.07, 6.45) is 0. The highest BCUT2D eigenvalue weighted by Gasteiger charge is 1.96. The summed E-state index contributed by atoms with van der Waals surface area (Å²) in [4.78, 5) is 2.56. The van der Waals surface area contributed by atoms with E-state index in [1.54, 1.807) is 0 Å². The number of halogens is 1. The first-order valence-electron chi connectivity index (χ1n) is 2.77. The number of aromatic hydroxyl groups is 1. The van der Waals surface area contributed by atoms with Crippen LogP contribution in [0.5, 0.6) is 5.75 Å². The molecule has 0 aliphatic heterocycles. The fourth-order valence-electron chi connectivity index (χ4n) is 0.610. The van der Waals surface area contributed by atoms with Gasteiger partial charge in [0.2, 0.25) is 0 Å². The zero-order chi connectivity index (χ0) is 8.27. The number of azide groups is 1. The number of benzene rings is 1. The van der Waals surface area contributed by atoms with Crippen LogP contribution in [0.4, 0.5) is 5.69 Å². The Labute approximate surface area is 67.7 Å². The standard InChI is InChI=1S/C6H4ClN3O/c7-5-3-4(9-10-8)1-2-6(5)11/h1-3,11H. The summed E-state index contributed by atoms with van der Waals surface area (Å²) in [6.45, 7) is 0. The van der Waals surface area contributed by atoms with E-state index >= 15 is 0 Å². The van der Waals surface area contributed by atoms with Crippen LogP contribution >= 0.6 is 11.6 Å². The van der Waals surface area contributed by atoms with E-state index in [0.29, 0.717) is 5.69 Å². The highest BCUT2D eigenvalue weighted by atomic mass is 35.5. The Hall–Kier alpha value is -1.38. The number of hydrogen-bond acceptors (Lipinski definition) is 2. The average molecular weight is 170 g/mol. The molecule has 0 saturated carbocycles. The van der Waals surface area contributed by atoms with E-state index in [1.165, 1.54) is 18.2 Å². The molecule has 1 aromatic carbocycles. The molecule has 0 saturated heterocycles. The van der Waals surface area contributed by atoms with Crippen molar-refractivity contribution < 1.29 is 5.11 Å². The monoisotopic (exact) mass is 169 g/mol. The van der Waals surface area contributed by atoms with E-state index in [4.69, 9.17) is 22.2 Å².